The van der Waals surface area contributed by atoms with Crippen molar-refractivity contribution in [2.24, 2.45) is 7.05 Å². The van der Waals surface area contributed by atoms with Crippen LogP contribution in [-0.2, 0) is 13.2 Å². The van der Waals surface area contributed by atoms with Crippen LogP contribution in [0.1, 0.15) is 5.56 Å². The van der Waals surface area contributed by atoms with Crippen LogP contribution in [0.5, 0.6) is 0 Å². The molecule has 0 spiro atoms. The van der Waals surface area contributed by atoms with Gasteiger partial charge in [-0.1, -0.05) is 0 Å². The molecule has 0 aliphatic heterocycles. The molecule has 0 fully saturated rings. The Kier molecular flexibility index (Phi) is 6.11. The predicted molar refractivity (Wildman–Crippen MR) is 121 cm³/mol. The van der Waals surface area contributed by atoms with Gasteiger partial charge in [-0.05, 0) is 0 Å². The maximum absolute atomic E-state index is 4.42. The van der Waals surface area contributed by atoms with Crippen molar-refractivity contribution in [2.75, 3.05) is 0 Å². The number of hydrogen-bond donors (Lipinski definition) is 0. The third kappa shape index (κ3) is 3.83. The molecule has 0 amide bonds. The van der Waals surface area contributed by atoms with Gasteiger partial charge in [0.25, 0.3) is 0 Å². The van der Waals surface area contributed by atoms with Crippen LogP contribution in [0.2, 0.25) is 0 Å². The van der Waals surface area contributed by atoms with Gasteiger partial charge in [0.1, 0.15) is 0 Å². The van der Waals surface area contributed by atoms with E-state index in [1.807, 2.05) is 17.9 Å². The van der Waals surface area contributed by atoms with Crippen LogP contribution in [0.3, 0.4) is 0 Å². The number of aryl methyl sites for hydroxylation is 1. The Hall–Kier alpha value is -2.41. The normalized spacial score (nSPS) is 11.6. The fourth-order valence-corrected chi connectivity index (χ4v) is 8.54. The van der Waals surface area contributed by atoms with Crippen molar-refractivity contribution in [2.45, 2.75) is 6.16 Å². The first-order chi connectivity index (χ1) is 12.8. The summed E-state index contributed by atoms with van der Waals surface area (Å²) >= 11 is 0. The van der Waals surface area contributed by atoms with Crippen molar-refractivity contribution in [3.05, 3.63) is 109 Å². The van der Waals surface area contributed by atoms with E-state index in [2.05, 4.69) is 102 Å². The van der Waals surface area contributed by atoms with Gasteiger partial charge < -0.3 is 0 Å². The standard InChI is InChI=1S/C23H23N2P.ClH/c1-25-18-20(17-24-25)19-26(21-11-5-2-6-12-21,22-13-7-3-8-14-22)23-15-9-4-10-16-23;/h2-18,26H,19H2,1H3;1H. The third-order valence-corrected chi connectivity index (χ3v) is 9.92. The van der Waals surface area contributed by atoms with Crippen molar-refractivity contribution in [1.82, 2.24) is 9.78 Å². The van der Waals surface area contributed by atoms with Gasteiger partial charge in [-0.3, -0.25) is 0 Å². The summed E-state index contributed by atoms with van der Waals surface area (Å²) in [5, 5.41) is 8.72. The van der Waals surface area contributed by atoms with E-state index >= 15 is 0 Å². The number of nitrogens with zero attached hydrogens (tertiary/aromatic N) is 2. The zero-order valence-corrected chi connectivity index (χ0v) is 17.1. The van der Waals surface area contributed by atoms with Crippen molar-refractivity contribution in [3.8, 4) is 0 Å². The first kappa shape index (κ1) is 19.4. The topological polar surface area (TPSA) is 17.8 Å². The number of aromatic nitrogens is 2. The van der Waals surface area contributed by atoms with Crippen molar-refractivity contribution in [1.29, 1.82) is 0 Å². The van der Waals surface area contributed by atoms with Crippen LogP contribution >= 0.6 is 19.7 Å². The fourth-order valence-electron chi connectivity index (χ4n) is 3.84. The SMILES string of the molecule is Cl.Cn1cc(C[PH](c2ccccc2)(c2ccccc2)c2ccccc2)cn1. The number of hydrogen-bond acceptors (Lipinski definition) is 1. The van der Waals surface area contributed by atoms with Gasteiger partial charge in [-0.2, -0.15) is 0 Å². The van der Waals surface area contributed by atoms with Crippen LogP contribution in [0.4, 0.5) is 0 Å². The van der Waals surface area contributed by atoms with E-state index < -0.39 is 7.26 Å². The summed E-state index contributed by atoms with van der Waals surface area (Å²) in [5.41, 5.74) is 1.29. The molecule has 4 heteroatoms. The molecule has 0 aliphatic rings. The fraction of sp³-hybridized carbons (Fsp3) is 0.0870. The zero-order chi connectivity index (χ0) is 17.8. The molecule has 0 radical (unpaired) electrons. The monoisotopic (exact) mass is 394 g/mol. The molecule has 27 heavy (non-hydrogen) atoms. The molecule has 1 aromatic heterocycles. The Balaban J connectivity index is 0.00000210. The van der Waals surface area contributed by atoms with E-state index in [-0.39, 0.29) is 12.4 Å². The first-order valence-electron chi connectivity index (χ1n) is 8.93. The average Bonchev–Trinajstić information content (AvgIpc) is 3.13. The molecule has 0 saturated carbocycles. The molecular formula is C23H24ClN2P. The predicted octanol–water partition coefficient (Wildman–Crippen LogP) is 4.07. The van der Waals surface area contributed by atoms with E-state index in [1.54, 1.807) is 0 Å². The summed E-state index contributed by atoms with van der Waals surface area (Å²) in [5.74, 6) is 0. The molecule has 138 valence electrons. The first-order valence-corrected chi connectivity index (χ1v) is 11.1. The van der Waals surface area contributed by atoms with E-state index in [0.717, 1.165) is 6.16 Å². The van der Waals surface area contributed by atoms with Gasteiger partial charge in [-0.15, -0.1) is 12.4 Å². The molecule has 0 atom stereocenters. The van der Waals surface area contributed by atoms with E-state index in [9.17, 15) is 0 Å². The molecule has 0 unspecified atom stereocenters. The summed E-state index contributed by atoms with van der Waals surface area (Å²) < 4.78 is 1.90. The van der Waals surface area contributed by atoms with Crippen LogP contribution in [0.15, 0.2) is 103 Å². The summed E-state index contributed by atoms with van der Waals surface area (Å²) in [7, 11) is -0.218. The summed E-state index contributed by atoms with van der Waals surface area (Å²) in [4.78, 5) is 0. The van der Waals surface area contributed by atoms with Gasteiger partial charge in [0, 0.05) is 0 Å². The second-order valence-electron chi connectivity index (χ2n) is 6.70. The molecule has 2 nitrogen and oxygen atoms in total. The van der Waals surface area contributed by atoms with Crippen molar-refractivity contribution >= 4 is 35.6 Å². The van der Waals surface area contributed by atoms with Gasteiger partial charge in [0.2, 0.25) is 0 Å². The molecule has 4 rings (SSSR count). The Labute approximate surface area is 167 Å². The van der Waals surface area contributed by atoms with E-state index in [0.29, 0.717) is 0 Å². The minimum absolute atomic E-state index is 0. The van der Waals surface area contributed by atoms with Gasteiger partial charge in [-0.25, -0.2) is 0 Å². The number of rotatable bonds is 5. The van der Waals surface area contributed by atoms with Crippen LogP contribution in [0, 0.1) is 0 Å². The van der Waals surface area contributed by atoms with Gasteiger partial charge in [0.05, 0.1) is 0 Å². The Morgan fingerprint density at radius 3 is 1.44 bits per heavy atom. The molecule has 0 aliphatic carbocycles. The molecule has 3 aromatic carbocycles. The average molecular weight is 395 g/mol. The molecule has 0 N–H and O–H groups in total. The second-order valence-corrected chi connectivity index (χ2v) is 10.6. The number of benzene rings is 3. The van der Waals surface area contributed by atoms with Crippen LogP contribution in [0.25, 0.3) is 0 Å². The van der Waals surface area contributed by atoms with Crippen molar-refractivity contribution in [3.63, 3.8) is 0 Å². The summed E-state index contributed by atoms with van der Waals surface area (Å²) in [6.07, 6.45) is 5.16. The Morgan fingerprint density at radius 1 is 0.704 bits per heavy atom. The van der Waals surface area contributed by atoms with E-state index in [4.69, 9.17) is 0 Å². The van der Waals surface area contributed by atoms with Crippen LogP contribution < -0.4 is 15.9 Å². The summed E-state index contributed by atoms with van der Waals surface area (Å²) in [6, 6.07) is 33.0. The third-order valence-electron chi connectivity index (χ3n) is 5.03. The quantitative estimate of drug-likeness (QED) is 0.466. The number of halogens is 1. The Morgan fingerprint density at radius 2 is 1.11 bits per heavy atom. The molecule has 0 saturated heterocycles. The second kappa shape index (κ2) is 8.52. The minimum atomic E-state index is -2.20. The van der Waals surface area contributed by atoms with Crippen molar-refractivity contribution < 1.29 is 0 Å². The van der Waals surface area contributed by atoms with Crippen LogP contribution in [-0.4, -0.2) is 9.78 Å². The maximum atomic E-state index is 4.42. The van der Waals surface area contributed by atoms with Gasteiger partial charge >= 0.3 is 155 Å². The molecular weight excluding hydrogens is 371 g/mol. The zero-order valence-electron chi connectivity index (χ0n) is 15.3. The Bertz CT molecular complexity index is 872. The molecule has 1 heterocycles. The summed E-state index contributed by atoms with van der Waals surface area (Å²) in [6.45, 7) is 0. The molecule has 0 bridgehead atoms. The molecule has 4 aromatic rings. The van der Waals surface area contributed by atoms with Gasteiger partial charge in [0.15, 0.2) is 0 Å². The van der Waals surface area contributed by atoms with E-state index in [1.165, 1.54) is 21.5 Å².